The summed E-state index contributed by atoms with van der Waals surface area (Å²) in [5.41, 5.74) is 4.24. The Morgan fingerprint density at radius 3 is 2.47 bits per heavy atom. The largest absolute Gasteiger partial charge is 0.497 e. The number of amides is 2. The number of hydrogen-bond acceptors (Lipinski definition) is 6. The lowest BCUT2D eigenvalue weighted by Gasteiger charge is -2.11. The van der Waals surface area contributed by atoms with Gasteiger partial charge in [0.25, 0.3) is 5.91 Å². The number of anilines is 1. The van der Waals surface area contributed by atoms with Crippen molar-refractivity contribution in [2.24, 2.45) is 5.10 Å². The smallest absolute Gasteiger partial charge is 0.277 e. The van der Waals surface area contributed by atoms with Crippen LogP contribution in [0, 0.1) is 6.92 Å². The average molecular weight is 478 g/mol. The molecule has 0 aliphatic carbocycles. The first-order valence-corrected chi connectivity index (χ1v) is 9.84. The van der Waals surface area contributed by atoms with Gasteiger partial charge in [-0.1, -0.05) is 15.9 Å². The summed E-state index contributed by atoms with van der Waals surface area (Å²) in [4.78, 5) is 24.2. The van der Waals surface area contributed by atoms with E-state index < -0.39 is 5.91 Å². The van der Waals surface area contributed by atoms with Gasteiger partial charge in [-0.05, 0) is 49.7 Å². The van der Waals surface area contributed by atoms with Crippen LogP contribution in [0.15, 0.2) is 46.0 Å². The normalized spacial score (nSPS) is 10.9. The van der Waals surface area contributed by atoms with Crippen LogP contribution in [0.2, 0.25) is 0 Å². The quantitative estimate of drug-likeness (QED) is 0.424. The topological polar surface area (TPSA) is 98.2 Å². The van der Waals surface area contributed by atoms with E-state index in [4.69, 9.17) is 14.2 Å². The van der Waals surface area contributed by atoms with Crippen molar-refractivity contribution < 1.29 is 23.8 Å². The molecule has 160 valence electrons. The molecule has 2 N–H and O–H groups in total. The molecule has 0 saturated carbocycles. The predicted octanol–water partition coefficient (Wildman–Crippen LogP) is 3.67. The molecule has 0 radical (unpaired) electrons. The number of hydrogen-bond donors (Lipinski definition) is 2. The molecule has 0 atom stereocenters. The summed E-state index contributed by atoms with van der Waals surface area (Å²) in [5.74, 6) is 0.989. The van der Waals surface area contributed by atoms with Gasteiger partial charge in [0.05, 0.1) is 26.3 Å². The first-order chi connectivity index (χ1) is 14.3. The fraction of sp³-hybridized carbons (Fsp3) is 0.286. The third kappa shape index (κ3) is 7.07. The highest BCUT2D eigenvalue weighted by molar-refractivity contribution is 9.10. The van der Waals surface area contributed by atoms with E-state index >= 15 is 0 Å². The summed E-state index contributed by atoms with van der Waals surface area (Å²) >= 11 is 3.37. The lowest BCUT2D eigenvalue weighted by atomic mass is 10.2. The van der Waals surface area contributed by atoms with Gasteiger partial charge in [-0.15, -0.1) is 0 Å². The Bertz CT molecular complexity index is 946. The number of benzene rings is 2. The first kappa shape index (κ1) is 23.2. The molecule has 0 aromatic heterocycles. The van der Waals surface area contributed by atoms with Crippen molar-refractivity contribution in [3.63, 3.8) is 0 Å². The molecule has 2 aromatic carbocycles. The van der Waals surface area contributed by atoms with E-state index in [9.17, 15) is 9.59 Å². The van der Waals surface area contributed by atoms with Gasteiger partial charge in [0.1, 0.15) is 17.2 Å². The van der Waals surface area contributed by atoms with Crippen LogP contribution in [0.1, 0.15) is 18.9 Å². The van der Waals surface area contributed by atoms with E-state index in [0.717, 1.165) is 10.0 Å². The zero-order valence-corrected chi connectivity index (χ0v) is 18.8. The minimum atomic E-state index is -0.422. The summed E-state index contributed by atoms with van der Waals surface area (Å²) in [5, 5.41) is 6.69. The van der Waals surface area contributed by atoms with E-state index in [1.54, 1.807) is 38.3 Å². The van der Waals surface area contributed by atoms with Crippen molar-refractivity contribution in [2.45, 2.75) is 20.3 Å². The maximum Gasteiger partial charge on any atom is 0.277 e. The second kappa shape index (κ2) is 11.2. The molecular formula is C21H24BrN3O5. The van der Waals surface area contributed by atoms with E-state index in [1.165, 1.54) is 7.11 Å². The molecule has 0 heterocycles. The zero-order valence-electron chi connectivity index (χ0n) is 17.2. The van der Waals surface area contributed by atoms with Crippen LogP contribution in [-0.2, 0) is 9.59 Å². The van der Waals surface area contributed by atoms with E-state index in [1.807, 2.05) is 19.1 Å². The monoisotopic (exact) mass is 477 g/mol. The van der Waals surface area contributed by atoms with Gasteiger partial charge in [-0.2, -0.15) is 5.10 Å². The molecule has 2 amide bonds. The second-order valence-electron chi connectivity index (χ2n) is 6.37. The van der Waals surface area contributed by atoms with Gasteiger partial charge in [0.2, 0.25) is 5.91 Å². The molecule has 2 rings (SSSR count). The minimum Gasteiger partial charge on any atom is -0.497 e. The number of methoxy groups -OCH3 is 2. The Kier molecular flexibility index (Phi) is 8.67. The molecule has 0 spiro atoms. The van der Waals surface area contributed by atoms with Crippen LogP contribution in [0.25, 0.3) is 0 Å². The SMILES string of the molecule is COc1ccc(NC(=O)CC(C)=NNC(=O)COc2ccc(Br)cc2C)c(OC)c1. The summed E-state index contributed by atoms with van der Waals surface area (Å²) in [6.07, 6.45) is 0.00212. The van der Waals surface area contributed by atoms with Crippen LogP contribution < -0.4 is 25.0 Å². The minimum absolute atomic E-state index is 0.00212. The first-order valence-electron chi connectivity index (χ1n) is 9.05. The number of nitrogens with zero attached hydrogens (tertiary/aromatic N) is 1. The molecule has 0 fully saturated rings. The lowest BCUT2D eigenvalue weighted by Crippen LogP contribution is -2.26. The van der Waals surface area contributed by atoms with Gasteiger partial charge in [-0.3, -0.25) is 9.59 Å². The Hall–Kier alpha value is -3.07. The van der Waals surface area contributed by atoms with Crippen molar-refractivity contribution in [1.82, 2.24) is 5.43 Å². The van der Waals surface area contributed by atoms with Crippen LogP contribution in [-0.4, -0.2) is 38.4 Å². The highest BCUT2D eigenvalue weighted by Crippen LogP contribution is 2.29. The van der Waals surface area contributed by atoms with Gasteiger partial charge < -0.3 is 19.5 Å². The van der Waals surface area contributed by atoms with Crippen LogP contribution in [0.4, 0.5) is 5.69 Å². The molecular weight excluding hydrogens is 454 g/mol. The molecule has 2 aromatic rings. The van der Waals surface area contributed by atoms with Gasteiger partial charge in [-0.25, -0.2) is 5.43 Å². The molecule has 8 nitrogen and oxygen atoms in total. The van der Waals surface area contributed by atoms with Gasteiger partial charge >= 0.3 is 0 Å². The van der Waals surface area contributed by atoms with Crippen LogP contribution in [0.5, 0.6) is 17.2 Å². The van der Waals surface area contributed by atoms with Crippen molar-refractivity contribution in [2.75, 3.05) is 26.1 Å². The summed E-state index contributed by atoms with van der Waals surface area (Å²) in [7, 11) is 3.05. The Morgan fingerprint density at radius 2 is 1.80 bits per heavy atom. The number of nitrogens with one attached hydrogen (secondary N) is 2. The number of hydrazone groups is 1. The Balaban J connectivity index is 1.84. The fourth-order valence-electron chi connectivity index (χ4n) is 2.48. The number of rotatable bonds is 9. The second-order valence-corrected chi connectivity index (χ2v) is 7.29. The summed E-state index contributed by atoms with van der Waals surface area (Å²) < 4.78 is 16.8. The number of carbonyl (C=O) groups is 2. The summed E-state index contributed by atoms with van der Waals surface area (Å²) in [6.45, 7) is 3.34. The van der Waals surface area contributed by atoms with Crippen molar-refractivity contribution in [3.8, 4) is 17.2 Å². The number of carbonyl (C=O) groups excluding carboxylic acids is 2. The van der Waals surface area contributed by atoms with E-state index in [0.29, 0.717) is 28.6 Å². The van der Waals surface area contributed by atoms with Crippen molar-refractivity contribution >= 4 is 39.1 Å². The van der Waals surface area contributed by atoms with Crippen molar-refractivity contribution in [1.29, 1.82) is 0 Å². The number of halogens is 1. The lowest BCUT2D eigenvalue weighted by molar-refractivity contribution is -0.123. The van der Waals surface area contributed by atoms with E-state index in [-0.39, 0.29) is 18.9 Å². The molecule has 9 heteroatoms. The highest BCUT2D eigenvalue weighted by Gasteiger charge is 2.11. The molecule has 0 aliphatic heterocycles. The maximum atomic E-state index is 12.2. The predicted molar refractivity (Wildman–Crippen MR) is 118 cm³/mol. The maximum absolute atomic E-state index is 12.2. The zero-order chi connectivity index (χ0) is 22.1. The molecule has 0 unspecified atom stereocenters. The standard InChI is InChI=1S/C21H24BrN3O5/c1-13-9-15(22)5-8-18(13)30-12-21(27)25-24-14(2)10-20(26)23-17-7-6-16(28-3)11-19(17)29-4/h5-9,11H,10,12H2,1-4H3,(H,23,26)(H,25,27). The third-order valence-corrected chi connectivity index (χ3v) is 4.46. The van der Waals surface area contributed by atoms with Crippen LogP contribution >= 0.6 is 15.9 Å². The number of aryl methyl sites for hydroxylation is 1. The molecule has 0 aliphatic rings. The highest BCUT2D eigenvalue weighted by atomic mass is 79.9. The third-order valence-electron chi connectivity index (χ3n) is 3.97. The molecule has 0 bridgehead atoms. The Morgan fingerprint density at radius 1 is 1.03 bits per heavy atom. The fourth-order valence-corrected chi connectivity index (χ4v) is 2.95. The van der Waals surface area contributed by atoms with Crippen LogP contribution in [0.3, 0.4) is 0 Å². The molecule has 0 saturated heterocycles. The average Bonchev–Trinajstić information content (AvgIpc) is 2.71. The molecule has 30 heavy (non-hydrogen) atoms. The van der Waals surface area contributed by atoms with E-state index in [2.05, 4.69) is 31.8 Å². The van der Waals surface area contributed by atoms with Crippen molar-refractivity contribution in [3.05, 3.63) is 46.4 Å². The van der Waals surface area contributed by atoms with Gasteiger partial charge in [0.15, 0.2) is 6.61 Å². The van der Waals surface area contributed by atoms with Gasteiger partial charge in [0, 0.05) is 16.3 Å². The number of ether oxygens (including phenoxy) is 3. The Labute approximate surface area is 183 Å². The summed E-state index contributed by atoms with van der Waals surface area (Å²) in [6, 6.07) is 10.6.